The number of benzene rings is 3. The number of carbonyl (C=O) groups excluding carboxylic acids is 3. The number of carboxylic acid groups (broad SMARTS) is 1. The quantitative estimate of drug-likeness (QED) is 0.291. The predicted molar refractivity (Wildman–Crippen MR) is 153 cm³/mol. The third-order valence-corrected chi connectivity index (χ3v) is 8.49. The number of carboxylic acids is 1. The highest BCUT2D eigenvalue weighted by atomic mass is 35.5. The van der Waals surface area contributed by atoms with Crippen molar-refractivity contribution in [2.45, 2.75) is 37.3 Å². The lowest BCUT2D eigenvalue weighted by Crippen LogP contribution is -2.66. The average molecular weight is 633 g/mol. The smallest absolute Gasteiger partial charge is 0.430 e. The Morgan fingerprint density at radius 2 is 1.41 bits per heavy atom. The van der Waals surface area contributed by atoms with Crippen LogP contribution < -0.4 is 10.4 Å². The minimum Gasteiger partial charge on any atom is -0.542 e. The Morgan fingerprint density at radius 3 is 1.91 bits per heavy atom. The Labute approximate surface area is 257 Å². The summed E-state index contributed by atoms with van der Waals surface area (Å²) in [6, 6.07) is 25.3. The highest BCUT2D eigenvalue weighted by Gasteiger charge is 2.51. The number of amides is 1. The number of hydrogen-bond donors (Lipinski definition) is 2. The van der Waals surface area contributed by atoms with Gasteiger partial charge in [-0.15, -0.1) is 0 Å². The Hall–Kier alpha value is -3.93. The van der Waals surface area contributed by atoms with E-state index in [9.17, 15) is 27.9 Å². The zero-order valence-electron chi connectivity index (χ0n) is 23.6. The number of esters is 1. The number of carbonyl (C=O) groups is 3. The van der Waals surface area contributed by atoms with Crippen molar-refractivity contribution in [3.63, 3.8) is 0 Å². The fourth-order valence-electron chi connectivity index (χ4n) is 5.76. The first kappa shape index (κ1) is 33.0. The number of rotatable bonds is 8. The van der Waals surface area contributed by atoms with Crippen molar-refractivity contribution in [2.75, 3.05) is 26.2 Å². The maximum absolute atomic E-state index is 13.7. The zero-order valence-corrected chi connectivity index (χ0v) is 24.4. The van der Waals surface area contributed by atoms with Gasteiger partial charge in [-0.3, -0.25) is 4.79 Å². The van der Waals surface area contributed by atoms with Crippen LogP contribution in [0, 0.1) is 5.92 Å². The number of ether oxygens (including phenoxy) is 1. The highest BCUT2D eigenvalue weighted by molar-refractivity contribution is 6.31. The summed E-state index contributed by atoms with van der Waals surface area (Å²) in [5, 5.41) is 24.2. The van der Waals surface area contributed by atoms with Crippen LogP contribution in [-0.4, -0.2) is 65.9 Å². The average Bonchev–Trinajstić information content (AvgIpc) is 3.01. The monoisotopic (exact) mass is 632 g/mol. The van der Waals surface area contributed by atoms with Crippen LogP contribution in [0.3, 0.4) is 0 Å². The minimum absolute atomic E-state index is 0.0459. The third-order valence-electron chi connectivity index (χ3n) is 8.12. The first-order valence-corrected chi connectivity index (χ1v) is 14.4. The normalized spacial score (nSPS) is 21.0. The summed E-state index contributed by atoms with van der Waals surface area (Å²) in [5.41, 5.74) is -0.0976. The van der Waals surface area contributed by atoms with E-state index in [1.54, 1.807) is 48.5 Å². The summed E-state index contributed by atoms with van der Waals surface area (Å²) in [6.45, 7) is 3.02. The lowest BCUT2D eigenvalue weighted by atomic mass is 9.82. The van der Waals surface area contributed by atoms with Gasteiger partial charge in [0.05, 0.1) is 13.1 Å². The van der Waals surface area contributed by atoms with Gasteiger partial charge in [0.25, 0.3) is 5.91 Å². The van der Waals surface area contributed by atoms with Gasteiger partial charge in [0.2, 0.25) is 5.60 Å². The number of nitrogens with zero attached hydrogens (tertiary/aromatic N) is 1. The second-order valence-corrected chi connectivity index (χ2v) is 11.4. The number of piperidine rings is 3. The molecule has 3 aromatic carbocycles. The van der Waals surface area contributed by atoms with Crippen LogP contribution in [-0.2, 0) is 31.3 Å². The lowest BCUT2D eigenvalue weighted by Gasteiger charge is -2.51. The number of halogens is 4. The van der Waals surface area contributed by atoms with Crippen LogP contribution in [0.2, 0.25) is 5.02 Å². The predicted octanol–water partition coefficient (Wildman–Crippen LogP) is 3.34. The van der Waals surface area contributed by atoms with Crippen LogP contribution in [0.5, 0.6) is 0 Å². The van der Waals surface area contributed by atoms with E-state index in [0.29, 0.717) is 40.3 Å². The van der Waals surface area contributed by atoms with Gasteiger partial charge >= 0.3 is 12.1 Å². The van der Waals surface area contributed by atoms with Gasteiger partial charge in [-0.05, 0) is 22.8 Å². The van der Waals surface area contributed by atoms with E-state index in [0.717, 1.165) is 31.5 Å². The minimum atomic E-state index is -5.19. The molecule has 2 N–H and O–H groups in total. The molecule has 0 spiro atoms. The van der Waals surface area contributed by atoms with Crippen LogP contribution in [0.4, 0.5) is 13.2 Å². The number of hydrogen-bond acceptors (Lipinski definition) is 6. The fraction of sp³-hybridized carbons (Fsp3) is 0.344. The molecule has 2 bridgehead atoms. The summed E-state index contributed by atoms with van der Waals surface area (Å²) in [4.78, 5) is 35.4. The van der Waals surface area contributed by atoms with Crippen LogP contribution >= 0.6 is 11.6 Å². The summed E-state index contributed by atoms with van der Waals surface area (Å²) in [5.74, 6) is -3.50. The van der Waals surface area contributed by atoms with Crippen molar-refractivity contribution in [3.8, 4) is 0 Å². The summed E-state index contributed by atoms with van der Waals surface area (Å²) in [7, 11) is 0. The van der Waals surface area contributed by atoms with Gasteiger partial charge in [0.1, 0.15) is 12.5 Å². The molecule has 0 unspecified atom stereocenters. The Bertz CT molecular complexity index is 1410. The molecule has 3 aliphatic rings. The van der Waals surface area contributed by atoms with Gasteiger partial charge < -0.3 is 29.5 Å². The third kappa shape index (κ3) is 7.77. The van der Waals surface area contributed by atoms with E-state index in [1.165, 1.54) is 0 Å². The standard InChI is InChI=1S/C30H31ClN2O4.C2HF3O2/c31-26-14-8-7-9-23(26)19-32-28(34)21-33-17-15-22(16-18-33)27(20-33)37-29(35)30(36,24-10-3-1-4-11-24)25-12-5-2-6-13-25;3-2(4,5)1(6)7/h1-14,22,27,36H,15-21H2;(H,6,7)/t22?,27-,33?;/m0./s1. The first-order chi connectivity index (χ1) is 20.8. The van der Waals surface area contributed by atoms with E-state index in [2.05, 4.69) is 5.32 Å². The Morgan fingerprint density at radius 1 is 0.909 bits per heavy atom. The van der Waals surface area contributed by atoms with E-state index in [-0.39, 0.29) is 17.9 Å². The number of alkyl halides is 3. The van der Waals surface area contributed by atoms with Crippen molar-refractivity contribution in [1.82, 2.24) is 5.32 Å². The van der Waals surface area contributed by atoms with Gasteiger partial charge in [-0.1, -0.05) is 90.5 Å². The molecule has 3 aliphatic heterocycles. The molecule has 0 aliphatic carbocycles. The second-order valence-electron chi connectivity index (χ2n) is 11.0. The molecule has 0 aromatic heterocycles. The number of aliphatic hydroxyl groups is 1. The number of fused-ring (bicyclic) bond motifs is 3. The van der Waals surface area contributed by atoms with Crippen LogP contribution in [0.1, 0.15) is 29.5 Å². The van der Waals surface area contributed by atoms with Crippen LogP contribution in [0.15, 0.2) is 84.9 Å². The zero-order chi connectivity index (χ0) is 32.0. The molecule has 234 valence electrons. The fourth-order valence-corrected chi connectivity index (χ4v) is 5.96. The molecule has 1 amide bonds. The second kappa shape index (κ2) is 13.8. The van der Waals surface area contributed by atoms with Crippen molar-refractivity contribution >= 4 is 29.4 Å². The number of aliphatic carboxylic acids is 1. The van der Waals surface area contributed by atoms with E-state index < -0.39 is 23.7 Å². The van der Waals surface area contributed by atoms with Crippen molar-refractivity contribution < 1.29 is 47.0 Å². The SMILES string of the molecule is O=C(C[N+]12CCC(CC1)[C@@H](OC(=O)C(O)(c1ccccc1)c1ccccc1)C2)NCc1ccccc1Cl.O=C([O-])C(F)(F)F. The van der Waals surface area contributed by atoms with Crippen molar-refractivity contribution in [2.24, 2.45) is 5.92 Å². The maximum Gasteiger partial charge on any atom is 0.430 e. The van der Waals surface area contributed by atoms with Gasteiger partial charge in [0, 0.05) is 30.3 Å². The van der Waals surface area contributed by atoms with Gasteiger partial charge in [-0.2, -0.15) is 13.2 Å². The lowest BCUT2D eigenvalue weighted by molar-refractivity contribution is -0.939. The highest BCUT2D eigenvalue weighted by Crippen LogP contribution is 2.38. The van der Waals surface area contributed by atoms with Gasteiger partial charge in [-0.25, -0.2) is 4.79 Å². The summed E-state index contributed by atoms with van der Waals surface area (Å²) < 4.78 is 38.2. The molecule has 0 radical (unpaired) electrons. The van der Waals surface area contributed by atoms with Crippen molar-refractivity contribution in [3.05, 3.63) is 107 Å². The summed E-state index contributed by atoms with van der Waals surface area (Å²) in [6.07, 6.45) is -3.79. The Kier molecular flexibility index (Phi) is 10.3. The van der Waals surface area contributed by atoms with Gasteiger partial charge in [0.15, 0.2) is 12.6 Å². The number of quaternary nitrogens is 1. The molecule has 6 rings (SSSR count). The van der Waals surface area contributed by atoms with E-state index in [4.69, 9.17) is 26.2 Å². The molecule has 3 fully saturated rings. The van der Waals surface area contributed by atoms with Crippen molar-refractivity contribution in [1.29, 1.82) is 0 Å². The number of nitrogens with one attached hydrogen (secondary N) is 1. The molecule has 12 heteroatoms. The first-order valence-electron chi connectivity index (χ1n) is 14.0. The molecule has 3 heterocycles. The Balaban J connectivity index is 0.000000566. The molecule has 1 atom stereocenters. The molecular formula is C32H32ClF3N2O6. The molecule has 44 heavy (non-hydrogen) atoms. The molecule has 3 saturated heterocycles. The van der Waals surface area contributed by atoms with E-state index >= 15 is 0 Å². The topological polar surface area (TPSA) is 116 Å². The van der Waals surface area contributed by atoms with E-state index in [1.807, 2.05) is 36.4 Å². The molecular weight excluding hydrogens is 601 g/mol. The molecule has 0 saturated carbocycles. The largest absolute Gasteiger partial charge is 0.542 e. The molecule has 8 nitrogen and oxygen atoms in total. The summed E-state index contributed by atoms with van der Waals surface area (Å²) >= 11 is 6.23. The maximum atomic E-state index is 13.7. The molecule has 3 aromatic rings. The van der Waals surface area contributed by atoms with Crippen LogP contribution in [0.25, 0.3) is 0 Å².